The van der Waals surface area contributed by atoms with Gasteiger partial charge in [0.15, 0.2) is 0 Å². The molecule has 1 aromatic rings. The van der Waals surface area contributed by atoms with Crippen LogP contribution in [0.15, 0.2) is 33.6 Å². The first kappa shape index (κ1) is 14.5. The molecule has 2 saturated heterocycles. The molecule has 0 saturated carbocycles. The lowest BCUT2D eigenvalue weighted by molar-refractivity contribution is 0.322. The van der Waals surface area contributed by atoms with Gasteiger partial charge in [0.25, 0.3) is 0 Å². The molecule has 2 fully saturated rings. The molecule has 2 unspecified atom stereocenters. The molecule has 1 aromatic carbocycles. The fourth-order valence-electron chi connectivity index (χ4n) is 3.29. The predicted octanol–water partition coefficient (Wildman–Crippen LogP) is 2.35. The number of benzene rings is 1. The Kier molecular flexibility index (Phi) is 4.17. The summed E-state index contributed by atoms with van der Waals surface area (Å²) in [6.07, 6.45) is 4.13. The highest BCUT2D eigenvalue weighted by atomic mass is 79.9. The maximum atomic E-state index is 12.9. The number of hydrogen-bond acceptors (Lipinski definition) is 3. The number of hydrogen-bond donors (Lipinski definition) is 1. The SMILES string of the molecule is O=S(=O)(c1ccccc1Br)N1CCCC1C1CCCN1. The van der Waals surface area contributed by atoms with Crippen LogP contribution in [-0.4, -0.2) is 37.9 Å². The number of nitrogens with one attached hydrogen (secondary N) is 1. The van der Waals surface area contributed by atoms with Crippen molar-refractivity contribution < 1.29 is 8.42 Å². The van der Waals surface area contributed by atoms with Crippen LogP contribution < -0.4 is 5.32 Å². The van der Waals surface area contributed by atoms with Crippen molar-refractivity contribution in [1.82, 2.24) is 9.62 Å². The molecule has 0 amide bonds. The van der Waals surface area contributed by atoms with Gasteiger partial charge in [-0.2, -0.15) is 4.31 Å². The largest absolute Gasteiger partial charge is 0.312 e. The van der Waals surface area contributed by atoms with Crippen LogP contribution in [-0.2, 0) is 10.0 Å². The summed E-state index contributed by atoms with van der Waals surface area (Å²) in [7, 11) is -3.41. The van der Waals surface area contributed by atoms with E-state index in [-0.39, 0.29) is 6.04 Å². The second-order valence-corrected chi connectivity index (χ2v) is 8.17. The van der Waals surface area contributed by atoms with E-state index >= 15 is 0 Å². The van der Waals surface area contributed by atoms with Crippen LogP contribution in [0.5, 0.6) is 0 Å². The van der Waals surface area contributed by atoms with E-state index in [4.69, 9.17) is 0 Å². The van der Waals surface area contributed by atoms with E-state index in [1.54, 1.807) is 22.5 Å². The van der Waals surface area contributed by atoms with Gasteiger partial charge >= 0.3 is 0 Å². The molecule has 6 heteroatoms. The zero-order chi connectivity index (χ0) is 14.2. The van der Waals surface area contributed by atoms with Crippen LogP contribution in [0.4, 0.5) is 0 Å². The minimum atomic E-state index is -3.41. The second kappa shape index (κ2) is 5.75. The summed E-state index contributed by atoms with van der Waals surface area (Å²) < 4.78 is 28.1. The van der Waals surface area contributed by atoms with E-state index in [9.17, 15) is 8.42 Å². The minimum absolute atomic E-state index is 0.106. The van der Waals surface area contributed by atoms with Gasteiger partial charge in [0, 0.05) is 23.1 Å². The van der Waals surface area contributed by atoms with Crippen LogP contribution in [0.3, 0.4) is 0 Å². The normalized spacial score (nSPS) is 28.1. The highest BCUT2D eigenvalue weighted by Gasteiger charge is 2.40. The Bertz CT molecular complexity index is 585. The first-order chi connectivity index (χ1) is 9.60. The molecule has 20 heavy (non-hydrogen) atoms. The third-order valence-electron chi connectivity index (χ3n) is 4.23. The zero-order valence-electron chi connectivity index (χ0n) is 11.3. The maximum Gasteiger partial charge on any atom is 0.244 e. The van der Waals surface area contributed by atoms with E-state index in [0.29, 0.717) is 22.0 Å². The van der Waals surface area contributed by atoms with Gasteiger partial charge in [-0.3, -0.25) is 0 Å². The van der Waals surface area contributed by atoms with Crippen molar-refractivity contribution in [2.24, 2.45) is 0 Å². The van der Waals surface area contributed by atoms with Crippen molar-refractivity contribution in [3.8, 4) is 0 Å². The molecule has 0 spiro atoms. The van der Waals surface area contributed by atoms with Gasteiger partial charge in [-0.25, -0.2) is 8.42 Å². The summed E-state index contributed by atoms with van der Waals surface area (Å²) in [6.45, 7) is 1.64. The molecule has 1 N–H and O–H groups in total. The van der Waals surface area contributed by atoms with Gasteiger partial charge in [0.2, 0.25) is 10.0 Å². The van der Waals surface area contributed by atoms with E-state index in [2.05, 4.69) is 21.2 Å². The molecule has 2 atom stereocenters. The molecular formula is C14H19BrN2O2S. The minimum Gasteiger partial charge on any atom is -0.312 e. The number of nitrogens with zero attached hydrogens (tertiary/aromatic N) is 1. The highest BCUT2D eigenvalue weighted by molar-refractivity contribution is 9.10. The smallest absolute Gasteiger partial charge is 0.244 e. The number of rotatable bonds is 3. The molecule has 0 bridgehead atoms. The summed E-state index contributed by atoms with van der Waals surface area (Å²) in [5, 5.41) is 3.45. The first-order valence-electron chi connectivity index (χ1n) is 7.10. The Labute approximate surface area is 128 Å². The fraction of sp³-hybridized carbons (Fsp3) is 0.571. The summed E-state index contributed by atoms with van der Waals surface area (Å²) in [5.41, 5.74) is 0. The molecule has 4 nitrogen and oxygen atoms in total. The lowest BCUT2D eigenvalue weighted by Gasteiger charge is -2.29. The highest BCUT2D eigenvalue weighted by Crippen LogP contribution is 2.32. The fourth-order valence-corrected chi connectivity index (χ4v) is 5.98. The summed E-state index contributed by atoms with van der Waals surface area (Å²) in [4.78, 5) is 0.380. The number of sulfonamides is 1. The topological polar surface area (TPSA) is 49.4 Å². The number of halogens is 1. The van der Waals surface area contributed by atoms with Crippen molar-refractivity contribution in [3.63, 3.8) is 0 Å². The molecule has 0 radical (unpaired) electrons. The standard InChI is InChI=1S/C14H19BrN2O2S/c15-11-5-1-2-8-14(11)20(18,19)17-10-4-7-13(17)12-6-3-9-16-12/h1-2,5,8,12-13,16H,3-4,6-7,9-10H2. The first-order valence-corrected chi connectivity index (χ1v) is 9.34. The lowest BCUT2D eigenvalue weighted by atomic mass is 10.1. The molecule has 0 aliphatic carbocycles. The quantitative estimate of drug-likeness (QED) is 0.902. The summed E-state index contributed by atoms with van der Waals surface area (Å²) in [6, 6.07) is 7.49. The Hall–Kier alpha value is -0.430. The molecule has 2 aliphatic rings. The van der Waals surface area contributed by atoms with E-state index in [0.717, 1.165) is 32.2 Å². The Morgan fingerprint density at radius 3 is 2.70 bits per heavy atom. The van der Waals surface area contributed by atoms with Crippen molar-refractivity contribution in [3.05, 3.63) is 28.7 Å². The van der Waals surface area contributed by atoms with Crippen molar-refractivity contribution in [2.45, 2.75) is 42.7 Å². The molecule has 2 aliphatic heterocycles. The average molecular weight is 359 g/mol. The molecule has 110 valence electrons. The van der Waals surface area contributed by atoms with Crippen LogP contribution in [0.1, 0.15) is 25.7 Å². The zero-order valence-corrected chi connectivity index (χ0v) is 13.7. The van der Waals surface area contributed by atoms with Gasteiger partial charge < -0.3 is 5.32 Å². The summed E-state index contributed by atoms with van der Waals surface area (Å²) in [5.74, 6) is 0. The van der Waals surface area contributed by atoms with Gasteiger partial charge in [0.05, 0.1) is 4.90 Å². The van der Waals surface area contributed by atoms with Gasteiger partial charge in [0.1, 0.15) is 0 Å². The summed E-state index contributed by atoms with van der Waals surface area (Å²) >= 11 is 3.36. The van der Waals surface area contributed by atoms with Crippen molar-refractivity contribution in [1.29, 1.82) is 0 Å². The second-order valence-electron chi connectivity index (χ2n) is 5.46. The third kappa shape index (κ3) is 2.54. The average Bonchev–Trinajstić information content (AvgIpc) is 3.10. The van der Waals surface area contributed by atoms with Gasteiger partial charge in [-0.15, -0.1) is 0 Å². The maximum absolute atomic E-state index is 12.9. The third-order valence-corrected chi connectivity index (χ3v) is 7.17. The Morgan fingerprint density at radius 2 is 2.00 bits per heavy atom. The van der Waals surface area contributed by atoms with E-state index in [1.165, 1.54) is 0 Å². The monoisotopic (exact) mass is 358 g/mol. The molecule has 2 heterocycles. The van der Waals surface area contributed by atoms with Crippen LogP contribution in [0.25, 0.3) is 0 Å². The van der Waals surface area contributed by atoms with Gasteiger partial charge in [-0.1, -0.05) is 12.1 Å². The van der Waals surface area contributed by atoms with Crippen molar-refractivity contribution >= 4 is 26.0 Å². The Balaban J connectivity index is 1.92. The van der Waals surface area contributed by atoms with Crippen LogP contribution in [0, 0.1) is 0 Å². The lowest BCUT2D eigenvalue weighted by Crippen LogP contribution is -2.46. The Morgan fingerprint density at radius 1 is 1.20 bits per heavy atom. The van der Waals surface area contributed by atoms with E-state index < -0.39 is 10.0 Å². The van der Waals surface area contributed by atoms with Crippen LogP contribution >= 0.6 is 15.9 Å². The van der Waals surface area contributed by atoms with Gasteiger partial charge in [-0.05, 0) is 60.3 Å². The van der Waals surface area contributed by atoms with E-state index in [1.807, 2.05) is 6.07 Å². The van der Waals surface area contributed by atoms with Crippen molar-refractivity contribution in [2.75, 3.05) is 13.1 Å². The predicted molar refractivity (Wildman–Crippen MR) is 82.1 cm³/mol. The molecule has 0 aromatic heterocycles. The van der Waals surface area contributed by atoms with Crippen LogP contribution in [0.2, 0.25) is 0 Å². The molecule has 3 rings (SSSR count). The molecular weight excluding hydrogens is 340 g/mol.